The van der Waals surface area contributed by atoms with Gasteiger partial charge in [0.05, 0.1) is 17.6 Å². The summed E-state index contributed by atoms with van der Waals surface area (Å²) in [4.78, 5) is 13.5. The van der Waals surface area contributed by atoms with E-state index in [4.69, 9.17) is 0 Å². The third-order valence-corrected chi connectivity index (χ3v) is 2.98. The molecule has 1 N–H and O–H groups in total. The van der Waals surface area contributed by atoms with E-state index in [2.05, 4.69) is 0 Å². The van der Waals surface area contributed by atoms with Crippen LogP contribution in [0.1, 0.15) is 31.9 Å². The molecule has 1 aromatic rings. The van der Waals surface area contributed by atoms with Crippen molar-refractivity contribution >= 4 is 5.91 Å². The summed E-state index contributed by atoms with van der Waals surface area (Å²) in [6, 6.07) is 5.04. The molecule has 0 atom stereocenters. The molecule has 21 heavy (non-hydrogen) atoms. The van der Waals surface area contributed by atoms with Crippen molar-refractivity contribution in [3.8, 4) is 0 Å². The smallest absolute Gasteiger partial charge is 0.389 e. The molecule has 0 aliphatic rings. The quantitative estimate of drug-likeness (QED) is 0.908. The molecular weight excluding hydrogens is 283 g/mol. The summed E-state index contributed by atoms with van der Waals surface area (Å²) >= 11 is 0. The topological polar surface area (TPSA) is 40.5 Å². The first-order chi connectivity index (χ1) is 9.54. The molecule has 3 nitrogen and oxygen atoms in total. The van der Waals surface area contributed by atoms with Crippen LogP contribution in [0.2, 0.25) is 0 Å². The Hall–Kier alpha value is -1.56. The maximum absolute atomic E-state index is 12.9. The summed E-state index contributed by atoms with van der Waals surface area (Å²) in [7, 11) is 0. The molecule has 1 aromatic carbocycles. The fraction of sp³-hybridized carbons (Fsp3) is 0.533. The molecule has 0 aromatic heterocycles. The van der Waals surface area contributed by atoms with Gasteiger partial charge in [0.15, 0.2) is 0 Å². The molecule has 0 bridgehead atoms. The second kappa shape index (κ2) is 6.47. The van der Waals surface area contributed by atoms with Gasteiger partial charge in [-0.1, -0.05) is 18.2 Å². The van der Waals surface area contributed by atoms with Crippen LogP contribution in [0.15, 0.2) is 24.3 Å². The van der Waals surface area contributed by atoms with Gasteiger partial charge in [-0.25, -0.2) is 0 Å². The van der Waals surface area contributed by atoms with Crippen molar-refractivity contribution in [2.75, 3.05) is 13.1 Å². The molecule has 0 saturated heterocycles. The predicted octanol–water partition coefficient (Wildman–Crippen LogP) is 2.87. The number of aliphatic hydroxyl groups is 1. The minimum atomic E-state index is -4.48. The maximum Gasteiger partial charge on any atom is 0.416 e. The van der Waals surface area contributed by atoms with Crippen LogP contribution in [0.5, 0.6) is 0 Å². The number of halogens is 3. The standard InChI is InChI=1S/C15H20F3NO2/c1-4-19(10-14(2,3)21)13(20)9-11-7-5-6-8-12(11)15(16,17)18/h5-8,21H,4,9-10H2,1-3H3. The van der Waals surface area contributed by atoms with Gasteiger partial charge in [0.25, 0.3) is 0 Å². The largest absolute Gasteiger partial charge is 0.416 e. The summed E-state index contributed by atoms with van der Waals surface area (Å²) in [5.74, 6) is -0.434. The Labute approximate surface area is 122 Å². The number of carbonyl (C=O) groups is 1. The van der Waals surface area contributed by atoms with Crippen molar-refractivity contribution in [3.05, 3.63) is 35.4 Å². The van der Waals surface area contributed by atoms with E-state index in [1.54, 1.807) is 20.8 Å². The number of carbonyl (C=O) groups excluding carboxylic acids is 1. The van der Waals surface area contributed by atoms with E-state index < -0.39 is 23.2 Å². The number of nitrogens with zero attached hydrogens (tertiary/aromatic N) is 1. The number of rotatable bonds is 5. The minimum Gasteiger partial charge on any atom is -0.389 e. The fourth-order valence-electron chi connectivity index (χ4n) is 2.07. The normalized spacial score (nSPS) is 12.3. The molecule has 6 heteroatoms. The molecule has 118 valence electrons. The van der Waals surface area contributed by atoms with Gasteiger partial charge in [-0.3, -0.25) is 4.79 Å². The zero-order valence-corrected chi connectivity index (χ0v) is 12.4. The number of hydrogen-bond donors (Lipinski definition) is 1. The van der Waals surface area contributed by atoms with Crippen LogP contribution in [0.4, 0.5) is 13.2 Å². The van der Waals surface area contributed by atoms with E-state index in [1.165, 1.54) is 23.1 Å². The van der Waals surface area contributed by atoms with Crippen LogP contribution in [-0.4, -0.2) is 34.6 Å². The first-order valence-electron chi connectivity index (χ1n) is 6.70. The summed E-state index contributed by atoms with van der Waals surface area (Å²) in [5.41, 5.74) is -1.93. The lowest BCUT2D eigenvalue weighted by molar-refractivity contribution is -0.139. The van der Waals surface area contributed by atoms with Gasteiger partial charge >= 0.3 is 6.18 Å². The highest BCUT2D eigenvalue weighted by atomic mass is 19.4. The Bertz CT molecular complexity index is 492. The van der Waals surface area contributed by atoms with E-state index in [1.807, 2.05) is 0 Å². The molecule has 0 aliphatic carbocycles. The first-order valence-corrected chi connectivity index (χ1v) is 6.70. The third kappa shape index (κ3) is 5.38. The Morgan fingerprint density at radius 3 is 2.29 bits per heavy atom. The van der Waals surface area contributed by atoms with Crippen molar-refractivity contribution in [3.63, 3.8) is 0 Å². The average Bonchev–Trinajstić information content (AvgIpc) is 2.34. The van der Waals surface area contributed by atoms with E-state index in [-0.39, 0.29) is 18.5 Å². The van der Waals surface area contributed by atoms with Gasteiger partial charge < -0.3 is 10.0 Å². The fourth-order valence-corrected chi connectivity index (χ4v) is 2.07. The van der Waals surface area contributed by atoms with E-state index in [9.17, 15) is 23.1 Å². The molecule has 0 unspecified atom stereocenters. The Morgan fingerprint density at radius 1 is 1.24 bits per heavy atom. The molecular formula is C15H20F3NO2. The Morgan fingerprint density at radius 2 is 1.81 bits per heavy atom. The van der Waals surface area contributed by atoms with Gasteiger partial charge in [0, 0.05) is 13.1 Å². The zero-order valence-electron chi connectivity index (χ0n) is 12.4. The second-order valence-electron chi connectivity index (χ2n) is 5.55. The van der Waals surface area contributed by atoms with E-state index in [0.29, 0.717) is 6.54 Å². The molecule has 0 saturated carbocycles. The Kier molecular flexibility index (Phi) is 5.39. The second-order valence-corrected chi connectivity index (χ2v) is 5.55. The maximum atomic E-state index is 12.9. The van der Waals surface area contributed by atoms with Crippen LogP contribution in [-0.2, 0) is 17.4 Å². The minimum absolute atomic E-state index is 0.0517. The predicted molar refractivity (Wildman–Crippen MR) is 73.7 cm³/mol. The van der Waals surface area contributed by atoms with Gasteiger partial charge in [0.2, 0.25) is 5.91 Å². The van der Waals surface area contributed by atoms with Crippen molar-refractivity contribution in [2.45, 2.75) is 39.0 Å². The van der Waals surface area contributed by atoms with E-state index in [0.717, 1.165) is 6.07 Å². The number of benzene rings is 1. The molecule has 0 radical (unpaired) electrons. The highest BCUT2D eigenvalue weighted by Gasteiger charge is 2.33. The number of alkyl halides is 3. The van der Waals surface area contributed by atoms with Gasteiger partial charge in [-0.15, -0.1) is 0 Å². The van der Waals surface area contributed by atoms with Gasteiger partial charge in [-0.2, -0.15) is 13.2 Å². The summed E-state index contributed by atoms with van der Waals surface area (Å²) < 4.78 is 38.7. The number of likely N-dealkylation sites (N-methyl/N-ethyl adjacent to an activating group) is 1. The number of hydrogen-bond acceptors (Lipinski definition) is 2. The SMILES string of the molecule is CCN(CC(C)(C)O)C(=O)Cc1ccccc1C(F)(F)F. The molecule has 0 spiro atoms. The lowest BCUT2D eigenvalue weighted by Gasteiger charge is -2.28. The molecule has 1 amide bonds. The lowest BCUT2D eigenvalue weighted by atomic mass is 10.0. The summed E-state index contributed by atoms with van der Waals surface area (Å²) in [5, 5.41) is 9.74. The monoisotopic (exact) mass is 303 g/mol. The molecule has 0 heterocycles. The zero-order chi connectivity index (χ0) is 16.3. The highest BCUT2D eigenvalue weighted by molar-refractivity contribution is 5.79. The summed E-state index contributed by atoms with van der Waals surface area (Å²) in [6.45, 7) is 5.23. The molecule has 0 fully saturated rings. The van der Waals surface area contributed by atoms with Crippen LogP contribution in [0.25, 0.3) is 0 Å². The average molecular weight is 303 g/mol. The summed E-state index contributed by atoms with van der Waals surface area (Å²) in [6.07, 6.45) is -4.82. The highest BCUT2D eigenvalue weighted by Crippen LogP contribution is 2.32. The van der Waals surface area contributed by atoms with Crippen molar-refractivity contribution in [2.24, 2.45) is 0 Å². The van der Waals surface area contributed by atoms with Gasteiger partial charge in [-0.05, 0) is 32.4 Å². The van der Waals surface area contributed by atoms with Crippen molar-refractivity contribution in [1.82, 2.24) is 4.90 Å². The Balaban J connectivity index is 2.93. The third-order valence-electron chi connectivity index (χ3n) is 2.98. The van der Waals surface area contributed by atoms with Crippen LogP contribution >= 0.6 is 0 Å². The van der Waals surface area contributed by atoms with E-state index >= 15 is 0 Å². The molecule has 1 rings (SSSR count). The lowest BCUT2D eigenvalue weighted by Crippen LogP contribution is -2.42. The van der Waals surface area contributed by atoms with Crippen molar-refractivity contribution in [1.29, 1.82) is 0 Å². The van der Waals surface area contributed by atoms with Crippen LogP contribution in [0.3, 0.4) is 0 Å². The van der Waals surface area contributed by atoms with Crippen LogP contribution < -0.4 is 0 Å². The van der Waals surface area contributed by atoms with Crippen molar-refractivity contribution < 1.29 is 23.1 Å². The van der Waals surface area contributed by atoms with Crippen LogP contribution in [0, 0.1) is 0 Å². The number of amides is 1. The molecule has 0 aliphatic heterocycles. The van der Waals surface area contributed by atoms with Gasteiger partial charge in [0.1, 0.15) is 0 Å². The first kappa shape index (κ1) is 17.5.